The fourth-order valence-corrected chi connectivity index (χ4v) is 10.9. The van der Waals surface area contributed by atoms with Gasteiger partial charge < -0.3 is 4.57 Å². The number of hydrogen-bond donors (Lipinski definition) is 0. The average Bonchev–Trinajstić information content (AvgIpc) is 3.97. The van der Waals surface area contributed by atoms with Gasteiger partial charge in [0, 0.05) is 51.0 Å². The lowest BCUT2D eigenvalue weighted by Gasteiger charge is -2.29. The van der Waals surface area contributed by atoms with E-state index >= 15 is 0 Å². The summed E-state index contributed by atoms with van der Waals surface area (Å²) in [7, 11) is 0. The predicted molar refractivity (Wildman–Crippen MR) is 327 cm³/mol. The van der Waals surface area contributed by atoms with Crippen LogP contribution in [-0.4, -0.2) is 29.5 Å². The maximum atomic E-state index is 5.48. The van der Waals surface area contributed by atoms with Crippen LogP contribution in [-0.2, 0) is 0 Å². The fourth-order valence-electron chi connectivity index (χ4n) is 10.9. The molecule has 79 heavy (non-hydrogen) atoms. The highest BCUT2D eigenvalue weighted by molar-refractivity contribution is 6.17. The maximum absolute atomic E-state index is 5.48. The molecule has 0 aliphatic carbocycles. The normalized spacial score (nSPS) is 11.5. The lowest BCUT2D eigenvalue weighted by atomic mass is 9.78. The second kappa shape index (κ2) is 21.1. The Morgan fingerprint density at radius 2 is 0.696 bits per heavy atom. The van der Waals surface area contributed by atoms with E-state index in [1.54, 1.807) is 12.2 Å². The Hall–Kier alpha value is -10.7. The molecule has 0 saturated heterocycles. The van der Waals surface area contributed by atoms with Gasteiger partial charge in [0.2, 0.25) is 0 Å². The molecular formula is C73H50N6. The van der Waals surface area contributed by atoms with Crippen molar-refractivity contribution in [2.24, 2.45) is 0 Å². The minimum Gasteiger partial charge on any atom is -0.308 e. The zero-order chi connectivity index (χ0) is 53.1. The summed E-state index contributed by atoms with van der Waals surface area (Å²) >= 11 is 0. The summed E-state index contributed by atoms with van der Waals surface area (Å²) in [5.41, 5.74) is 19.0. The van der Waals surface area contributed by atoms with E-state index < -0.39 is 0 Å². The minimum absolute atomic E-state index is 0.427. The number of benzene rings is 10. The Bertz CT molecular complexity index is 4290. The highest BCUT2D eigenvalue weighted by Crippen LogP contribution is 2.55. The number of allylic oxidation sites excluding steroid dienone is 4. The second-order valence-electron chi connectivity index (χ2n) is 19.2. The number of nitrogens with zero attached hydrogens (tertiary/aromatic N) is 6. The lowest BCUT2D eigenvalue weighted by molar-refractivity contribution is 1.03. The van der Waals surface area contributed by atoms with Crippen LogP contribution in [0.25, 0.3) is 134 Å². The molecule has 13 aromatic rings. The van der Waals surface area contributed by atoms with Crippen molar-refractivity contribution in [3.05, 3.63) is 298 Å². The number of rotatable bonds is 13. The molecule has 0 fully saturated rings. The van der Waals surface area contributed by atoms with E-state index in [-0.39, 0.29) is 0 Å². The summed E-state index contributed by atoms with van der Waals surface area (Å²) in [6.07, 6.45) is 8.98. The zero-order valence-electron chi connectivity index (χ0n) is 43.2. The largest absolute Gasteiger partial charge is 0.308 e. The van der Waals surface area contributed by atoms with E-state index in [0.29, 0.717) is 34.4 Å². The molecule has 0 spiro atoms. The molecule has 0 N–H and O–H groups in total. The first-order valence-electron chi connectivity index (χ1n) is 26.4. The average molecular weight is 1010 g/mol. The van der Waals surface area contributed by atoms with Gasteiger partial charge >= 0.3 is 0 Å². The van der Waals surface area contributed by atoms with Crippen molar-refractivity contribution in [1.82, 2.24) is 29.5 Å². The number of aromatic nitrogens is 6. The summed E-state index contributed by atoms with van der Waals surface area (Å²) < 4.78 is 2.48. The van der Waals surface area contributed by atoms with E-state index in [2.05, 4.69) is 236 Å². The van der Waals surface area contributed by atoms with Crippen LogP contribution in [0.5, 0.6) is 0 Å². The maximum Gasteiger partial charge on any atom is 0.167 e. The van der Waals surface area contributed by atoms with Crippen molar-refractivity contribution in [3.63, 3.8) is 0 Å². The first-order chi connectivity index (χ1) is 39.1. The quantitative estimate of drug-likeness (QED) is 0.108. The van der Waals surface area contributed by atoms with E-state index in [1.165, 1.54) is 0 Å². The highest BCUT2D eigenvalue weighted by Gasteiger charge is 2.32. The molecule has 3 heterocycles. The smallest absolute Gasteiger partial charge is 0.167 e. The molecule has 0 atom stereocenters. The first kappa shape index (κ1) is 48.0. The van der Waals surface area contributed by atoms with Crippen molar-refractivity contribution in [2.45, 2.75) is 0 Å². The molecule has 3 aromatic heterocycles. The molecule has 0 radical (unpaired) electrons. The molecular weight excluding hydrogens is 961 g/mol. The highest BCUT2D eigenvalue weighted by atomic mass is 15.0. The van der Waals surface area contributed by atoms with Crippen LogP contribution in [0.3, 0.4) is 0 Å². The lowest BCUT2D eigenvalue weighted by Crippen LogP contribution is -2.08. The predicted octanol–water partition coefficient (Wildman–Crippen LogP) is 18.5. The Balaban J connectivity index is 1.20. The monoisotopic (exact) mass is 1010 g/mol. The van der Waals surface area contributed by atoms with Gasteiger partial charge in [-0.2, -0.15) is 0 Å². The zero-order valence-corrected chi connectivity index (χ0v) is 43.2. The topological polar surface area (TPSA) is 69.4 Å². The Morgan fingerprint density at radius 1 is 0.329 bits per heavy atom. The van der Waals surface area contributed by atoms with Crippen molar-refractivity contribution in [2.75, 3.05) is 0 Å². The van der Waals surface area contributed by atoms with Gasteiger partial charge in [-0.05, 0) is 74.3 Å². The van der Waals surface area contributed by atoms with Crippen LogP contribution in [0.2, 0.25) is 0 Å². The van der Waals surface area contributed by atoms with Gasteiger partial charge in [-0.25, -0.2) is 24.9 Å². The number of fused-ring (bicyclic) bond motifs is 3. The molecule has 0 aliphatic rings. The van der Waals surface area contributed by atoms with Gasteiger partial charge in [-0.3, -0.25) is 0 Å². The van der Waals surface area contributed by atoms with Gasteiger partial charge in [-0.15, -0.1) is 0 Å². The third-order valence-corrected chi connectivity index (χ3v) is 14.5. The Morgan fingerprint density at radius 3 is 1.11 bits per heavy atom. The van der Waals surface area contributed by atoms with Crippen LogP contribution in [0.4, 0.5) is 0 Å². The molecule has 0 saturated carbocycles. The second-order valence-corrected chi connectivity index (χ2v) is 19.2. The summed E-state index contributed by atoms with van der Waals surface area (Å²) in [4.78, 5) is 26.0. The van der Waals surface area contributed by atoms with Gasteiger partial charge in [0.05, 0.1) is 27.8 Å². The van der Waals surface area contributed by atoms with Crippen LogP contribution in [0, 0.1) is 0 Å². The first-order valence-corrected chi connectivity index (χ1v) is 26.4. The molecule has 0 aliphatic heterocycles. The molecule has 6 heteroatoms. The van der Waals surface area contributed by atoms with Crippen molar-refractivity contribution in [1.29, 1.82) is 0 Å². The van der Waals surface area contributed by atoms with Crippen molar-refractivity contribution in [3.8, 4) is 107 Å². The van der Waals surface area contributed by atoms with Crippen LogP contribution in [0.15, 0.2) is 293 Å². The van der Waals surface area contributed by atoms with Gasteiger partial charge in [0.15, 0.2) is 23.3 Å². The molecule has 6 nitrogen and oxygen atoms in total. The molecule has 13 rings (SSSR count). The molecule has 0 amide bonds. The van der Waals surface area contributed by atoms with E-state index in [0.717, 1.165) is 105 Å². The fraction of sp³-hybridized carbons (Fsp3) is 0. The molecule has 372 valence electrons. The molecule has 10 aromatic carbocycles. The number of hydrogen-bond acceptors (Lipinski definition) is 5. The van der Waals surface area contributed by atoms with Gasteiger partial charge in [0.25, 0.3) is 0 Å². The van der Waals surface area contributed by atoms with Crippen LogP contribution in [0.1, 0.15) is 5.82 Å². The minimum atomic E-state index is 0.427. The standard InChI is InChI=1S/C73H50N6/c1-3-26-49(4-2)70-76-71(56-39-24-11-25-40-56)78-72(77-70)59-47-74-73(75-48-59)68-66(54-35-20-9-21-36-54)64(52-31-16-7-17-32-52)65(53-33-18-8-19-34-53)67(55-37-22-10-23-38-55)69(68)79-62-43-41-57(50-27-12-5-13-28-50)45-60(62)61-46-58(42-44-63(61)79)51-29-14-6-15-30-51/h3-48H,1-2H2/b49-26+. The van der Waals surface area contributed by atoms with E-state index in [1.807, 2.05) is 48.8 Å². The molecule has 0 unspecified atom stereocenters. The summed E-state index contributed by atoms with van der Waals surface area (Å²) in [5.74, 6) is 1.93. The van der Waals surface area contributed by atoms with Crippen LogP contribution >= 0.6 is 0 Å². The SMILES string of the molecule is C=C/C=C(\C=C)c1nc(-c2ccccc2)nc(-c2cnc(-c3c(-c4ccccc4)c(-c4ccccc4)c(-c4ccccc4)c(-c4ccccc4)c3-n3c4ccc(-c5ccccc5)cc4c4cc(-c5ccccc5)ccc43)nc2)n1. The van der Waals surface area contributed by atoms with Crippen molar-refractivity contribution >= 4 is 27.4 Å². The summed E-state index contributed by atoms with van der Waals surface area (Å²) in [5, 5.41) is 2.24. The summed E-state index contributed by atoms with van der Waals surface area (Å²) in [6.45, 7) is 8.03. The third kappa shape index (κ3) is 9.03. The Labute approximate surface area is 459 Å². The van der Waals surface area contributed by atoms with Gasteiger partial charge in [-0.1, -0.05) is 256 Å². The summed E-state index contributed by atoms with van der Waals surface area (Å²) in [6, 6.07) is 88.1. The molecule has 0 bridgehead atoms. The van der Waals surface area contributed by atoms with E-state index in [4.69, 9.17) is 24.9 Å². The third-order valence-electron chi connectivity index (χ3n) is 14.5. The Kier molecular flexibility index (Phi) is 12.8. The van der Waals surface area contributed by atoms with E-state index in [9.17, 15) is 0 Å². The van der Waals surface area contributed by atoms with Gasteiger partial charge in [0.1, 0.15) is 0 Å². The van der Waals surface area contributed by atoms with Crippen LogP contribution < -0.4 is 0 Å². The van der Waals surface area contributed by atoms with Crippen molar-refractivity contribution < 1.29 is 0 Å².